The van der Waals surface area contributed by atoms with Crippen molar-refractivity contribution >= 4 is 5.78 Å². The third-order valence-electron chi connectivity index (χ3n) is 3.14. The summed E-state index contributed by atoms with van der Waals surface area (Å²) >= 11 is 0. The molecule has 6 heteroatoms. The highest BCUT2D eigenvalue weighted by Crippen LogP contribution is 2.36. The highest BCUT2D eigenvalue weighted by Gasteiger charge is 2.36. The smallest absolute Gasteiger partial charge is 0.417 e. The summed E-state index contributed by atoms with van der Waals surface area (Å²) < 4.78 is 44.8. The minimum absolute atomic E-state index is 0.0580. The first-order valence-corrected chi connectivity index (χ1v) is 6.66. The third-order valence-corrected chi connectivity index (χ3v) is 3.14. The van der Waals surface area contributed by atoms with E-state index in [0.29, 0.717) is 0 Å². The average Bonchev–Trinajstić information content (AvgIpc) is 2.51. The Labute approximate surface area is 130 Å². The van der Waals surface area contributed by atoms with Gasteiger partial charge in [0.1, 0.15) is 18.4 Å². The van der Waals surface area contributed by atoms with Crippen LogP contribution in [-0.2, 0) is 12.8 Å². The van der Waals surface area contributed by atoms with Gasteiger partial charge in [0.2, 0.25) is 0 Å². The fourth-order valence-corrected chi connectivity index (χ4v) is 2.13. The maximum Gasteiger partial charge on any atom is 0.417 e. The molecule has 2 aromatic carbocycles. The molecule has 0 amide bonds. The number of ether oxygens (including phenoxy) is 1. The molecule has 0 spiro atoms. The number of ketones is 1. The van der Waals surface area contributed by atoms with Gasteiger partial charge in [-0.15, -0.1) is 0 Å². The van der Waals surface area contributed by atoms with Crippen molar-refractivity contribution in [3.63, 3.8) is 0 Å². The molecule has 0 radical (unpaired) electrons. The van der Waals surface area contributed by atoms with E-state index in [1.807, 2.05) is 0 Å². The van der Waals surface area contributed by atoms with E-state index in [2.05, 4.69) is 0 Å². The SMILES string of the molecule is CC(=O)c1c(C#N)cc(OCc2ccccc2)cc1C(F)(F)F. The number of carbonyl (C=O) groups excluding carboxylic acids is 1. The summed E-state index contributed by atoms with van der Waals surface area (Å²) in [5.41, 5.74) is -1.37. The van der Waals surface area contributed by atoms with E-state index >= 15 is 0 Å². The predicted molar refractivity (Wildman–Crippen MR) is 76.9 cm³/mol. The monoisotopic (exact) mass is 319 g/mol. The number of nitriles is 1. The molecule has 0 aliphatic heterocycles. The van der Waals surface area contributed by atoms with Gasteiger partial charge in [-0.1, -0.05) is 30.3 Å². The van der Waals surface area contributed by atoms with Crippen LogP contribution in [0.15, 0.2) is 42.5 Å². The number of Topliss-reactive ketones (excluding diaryl/α,β-unsaturated/α-hetero) is 1. The fourth-order valence-electron chi connectivity index (χ4n) is 2.13. The van der Waals surface area contributed by atoms with Crippen molar-refractivity contribution < 1.29 is 22.7 Å². The largest absolute Gasteiger partial charge is 0.489 e. The molecule has 0 saturated heterocycles. The van der Waals surface area contributed by atoms with Crippen LogP contribution in [0.25, 0.3) is 0 Å². The van der Waals surface area contributed by atoms with Gasteiger partial charge in [-0.3, -0.25) is 4.79 Å². The number of benzene rings is 2. The quantitative estimate of drug-likeness (QED) is 0.787. The number of carbonyl (C=O) groups is 1. The van der Waals surface area contributed by atoms with Gasteiger partial charge in [0, 0.05) is 5.56 Å². The number of halogens is 3. The molecule has 0 aliphatic rings. The van der Waals surface area contributed by atoms with Crippen LogP contribution in [0.3, 0.4) is 0 Å². The Hall–Kier alpha value is -2.81. The zero-order chi connectivity index (χ0) is 17.0. The van der Waals surface area contributed by atoms with Crippen molar-refractivity contribution in [1.82, 2.24) is 0 Å². The van der Waals surface area contributed by atoms with Crippen molar-refractivity contribution in [2.24, 2.45) is 0 Å². The summed E-state index contributed by atoms with van der Waals surface area (Å²) in [5.74, 6) is -0.925. The summed E-state index contributed by atoms with van der Waals surface area (Å²) in [5, 5.41) is 9.04. The molecular weight excluding hydrogens is 307 g/mol. The lowest BCUT2D eigenvalue weighted by Crippen LogP contribution is -2.14. The zero-order valence-electron chi connectivity index (χ0n) is 12.1. The lowest BCUT2D eigenvalue weighted by Gasteiger charge is -2.15. The standard InChI is InChI=1S/C17H12F3NO2/c1-11(22)16-13(9-21)7-14(8-15(16)17(18,19)20)23-10-12-5-3-2-4-6-12/h2-8H,10H2,1H3. The Balaban J connectivity index is 2.42. The fraction of sp³-hybridized carbons (Fsp3) is 0.176. The van der Waals surface area contributed by atoms with E-state index in [-0.39, 0.29) is 17.9 Å². The molecule has 23 heavy (non-hydrogen) atoms. The van der Waals surface area contributed by atoms with Crippen molar-refractivity contribution in [2.45, 2.75) is 19.7 Å². The molecule has 0 fully saturated rings. The van der Waals surface area contributed by atoms with Crippen LogP contribution in [0.2, 0.25) is 0 Å². The lowest BCUT2D eigenvalue weighted by atomic mass is 9.97. The lowest BCUT2D eigenvalue weighted by molar-refractivity contribution is -0.138. The van der Waals surface area contributed by atoms with E-state index in [9.17, 15) is 18.0 Å². The van der Waals surface area contributed by atoms with Crippen molar-refractivity contribution in [1.29, 1.82) is 5.26 Å². The Morgan fingerprint density at radius 1 is 1.22 bits per heavy atom. The van der Waals surface area contributed by atoms with Gasteiger partial charge >= 0.3 is 6.18 Å². The summed E-state index contributed by atoms with van der Waals surface area (Å²) in [6.45, 7) is 1.05. The van der Waals surface area contributed by atoms with Crippen LogP contribution in [0.1, 0.15) is 34.0 Å². The Bertz CT molecular complexity index is 762. The van der Waals surface area contributed by atoms with Gasteiger partial charge in [0.15, 0.2) is 5.78 Å². The molecule has 3 nitrogen and oxygen atoms in total. The molecule has 0 saturated carbocycles. The Morgan fingerprint density at radius 2 is 1.87 bits per heavy atom. The molecule has 0 aromatic heterocycles. The minimum atomic E-state index is -4.75. The zero-order valence-corrected chi connectivity index (χ0v) is 12.1. The molecule has 2 rings (SSSR count). The molecule has 0 unspecified atom stereocenters. The second kappa shape index (κ2) is 6.53. The number of hydrogen-bond donors (Lipinski definition) is 0. The van der Waals surface area contributed by atoms with Crippen LogP contribution in [0.5, 0.6) is 5.75 Å². The summed E-state index contributed by atoms with van der Waals surface area (Å²) in [6, 6.07) is 12.4. The first kappa shape index (κ1) is 16.6. The van der Waals surface area contributed by atoms with E-state index < -0.39 is 23.1 Å². The molecule has 0 aliphatic carbocycles. The van der Waals surface area contributed by atoms with Crippen molar-refractivity contribution in [3.05, 3.63) is 64.7 Å². The third kappa shape index (κ3) is 3.89. The molecule has 118 valence electrons. The van der Waals surface area contributed by atoms with Gasteiger partial charge in [0.05, 0.1) is 11.1 Å². The number of hydrogen-bond acceptors (Lipinski definition) is 3. The first-order valence-electron chi connectivity index (χ1n) is 6.66. The van der Waals surface area contributed by atoms with E-state index in [1.54, 1.807) is 36.4 Å². The molecule has 2 aromatic rings. The van der Waals surface area contributed by atoms with Gasteiger partial charge in [0.25, 0.3) is 0 Å². The van der Waals surface area contributed by atoms with E-state index in [0.717, 1.165) is 24.6 Å². The minimum Gasteiger partial charge on any atom is -0.489 e. The van der Waals surface area contributed by atoms with Crippen molar-refractivity contribution in [2.75, 3.05) is 0 Å². The summed E-state index contributed by atoms with van der Waals surface area (Å²) in [7, 11) is 0. The molecule has 0 N–H and O–H groups in total. The highest BCUT2D eigenvalue weighted by molar-refractivity contribution is 5.98. The predicted octanol–water partition coefficient (Wildman–Crippen LogP) is 4.36. The van der Waals surface area contributed by atoms with Crippen LogP contribution in [0, 0.1) is 11.3 Å². The maximum atomic E-state index is 13.2. The summed E-state index contributed by atoms with van der Waals surface area (Å²) in [6.07, 6.45) is -4.75. The van der Waals surface area contributed by atoms with Gasteiger partial charge in [-0.2, -0.15) is 18.4 Å². The topological polar surface area (TPSA) is 50.1 Å². The summed E-state index contributed by atoms with van der Waals surface area (Å²) in [4.78, 5) is 11.5. The average molecular weight is 319 g/mol. The molecular formula is C17H12F3NO2. The van der Waals surface area contributed by atoms with Gasteiger partial charge in [-0.25, -0.2) is 0 Å². The van der Waals surface area contributed by atoms with Crippen LogP contribution < -0.4 is 4.74 Å². The van der Waals surface area contributed by atoms with Crippen LogP contribution >= 0.6 is 0 Å². The maximum absolute atomic E-state index is 13.2. The Kier molecular flexibility index (Phi) is 4.70. The Morgan fingerprint density at radius 3 is 2.39 bits per heavy atom. The van der Waals surface area contributed by atoms with E-state index in [1.165, 1.54) is 0 Å². The normalized spacial score (nSPS) is 10.9. The van der Waals surface area contributed by atoms with Crippen LogP contribution in [0.4, 0.5) is 13.2 Å². The second-order valence-corrected chi connectivity index (χ2v) is 4.83. The number of alkyl halides is 3. The molecule has 0 bridgehead atoms. The second-order valence-electron chi connectivity index (χ2n) is 4.83. The first-order chi connectivity index (χ1) is 10.8. The van der Waals surface area contributed by atoms with Crippen LogP contribution in [-0.4, -0.2) is 5.78 Å². The van der Waals surface area contributed by atoms with Gasteiger partial charge < -0.3 is 4.74 Å². The number of rotatable bonds is 4. The van der Waals surface area contributed by atoms with E-state index in [4.69, 9.17) is 10.00 Å². The highest BCUT2D eigenvalue weighted by atomic mass is 19.4. The molecule has 0 heterocycles. The number of nitrogens with zero attached hydrogens (tertiary/aromatic N) is 1. The van der Waals surface area contributed by atoms with Gasteiger partial charge in [-0.05, 0) is 24.6 Å². The van der Waals surface area contributed by atoms with Crippen molar-refractivity contribution in [3.8, 4) is 11.8 Å². The molecule has 0 atom stereocenters.